The van der Waals surface area contributed by atoms with Gasteiger partial charge in [-0.1, -0.05) is 13.8 Å². The van der Waals surface area contributed by atoms with Crippen LogP contribution >= 0.6 is 0 Å². The first-order valence-corrected chi connectivity index (χ1v) is 5.21. The van der Waals surface area contributed by atoms with E-state index < -0.39 is 10.0 Å². The van der Waals surface area contributed by atoms with Crippen molar-refractivity contribution >= 4 is 10.0 Å². The minimum atomic E-state index is -3.23. The van der Waals surface area contributed by atoms with Crippen molar-refractivity contribution in [2.24, 2.45) is 5.92 Å². The van der Waals surface area contributed by atoms with E-state index in [1.165, 1.54) is 0 Å². The van der Waals surface area contributed by atoms with Crippen LogP contribution in [0.15, 0.2) is 0 Å². The molecule has 0 rings (SSSR count). The van der Waals surface area contributed by atoms with Crippen molar-refractivity contribution < 1.29 is 13.5 Å². The zero-order chi connectivity index (χ0) is 8.91. The van der Waals surface area contributed by atoms with Crippen LogP contribution in [0.4, 0.5) is 0 Å². The van der Waals surface area contributed by atoms with E-state index in [0.717, 1.165) is 0 Å². The number of rotatable bonds is 5. The van der Waals surface area contributed by atoms with Gasteiger partial charge in [0.1, 0.15) is 0 Å². The van der Waals surface area contributed by atoms with Gasteiger partial charge in [0.05, 0.1) is 12.4 Å². The maximum absolute atomic E-state index is 10.9. The summed E-state index contributed by atoms with van der Waals surface area (Å²) < 4.78 is 24.1. The van der Waals surface area contributed by atoms with Gasteiger partial charge < -0.3 is 5.11 Å². The summed E-state index contributed by atoms with van der Waals surface area (Å²) in [5.74, 6) is 0.0863. The van der Waals surface area contributed by atoms with Crippen molar-refractivity contribution in [1.29, 1.82) is 0 Å². The first-order valence-electron chi connectivity index (χ1n) is 3.56. The van der Waals surface area contributed by atoms with Crippen molar-refractivity contribution in [3.63, 3.8) is 0 Å². The topological polar surface area (TPSA) is 66.4 Å². The number of sulfonamides is 1. The fourth-order valence-electron chi connectivity index (χ4n) is 0.486. The van der Waals surface area contributed by atoms with Crippen LogP contribution in [-0.4, -0.2) is 32.4 Å². The van der Waals surface area contributed by atoms with Crippen molar-refractivity contribution in [1.82, 2.24) is 4.72 Å². The number of hydrogen-bond donors (Lipinski definition) is 2. The molecule has 0 unspecified atom stereocenters. The smallest absolute Gasteiger partial charge is 0.213 e. The third-order valence-corrected chi connectivity index (χ3v) is 2.40. The summed E-state index contributed by atoms with van der Waals surface area (Å²) in [6, 6.07) is 0. The molecule has 0 heterocycles. The minimum absolute atomic E-state index is 0.209. The Bertz CT molecular complexity index is 186. The average molecular weight is 181 g/mol. The summed E-state index contributed by atoms with van der Waals surface area (Å²) in [6.45, 7) is 3.94. The van der Waals surface area contributed by atoms with Crippen molar-refractivity contribution in [2.45, 2.75) is 13.8 Å². The van der Waals surface area contributed by atoms with E-state index in [4.69, 9.17) is 5.11 Å². The Morgan fingerprint density at radius 3 is 2.36 bits per heavy atom. The van der Waals surface area contributed by atoms with E-state index >= 15 is 0 Å². The maximum Gasteiger partial charge on any atom is 0.213 e. The third-order valence-electron chi connectivity index (χ3n) is 1.07. The molecule has 0 aromatic rings. The lowest BCUT2D eigenvalue weighted by Crippen LogP contribution is -2.30. The van der Waals surface area contributed by atoms with E-state index in [1.54, 1.807) is 0 Å². The van der Waals surface area contributed by atoms with Crippen LogP contribution < -0.4 is 4.72 Å². The summed E-state index contributed by atoms with van der Waals surface area (Å²) in [5, 5.41) is 8.35. The lowest BCUT2D eigenvalue weighted by molar-refractivity contribution is 0.319. The second-order valence-corrected chi connectivity index (χ2v) is 4.71. The summed E-state index contributed by atoms with van der Waals surface area (Å²) in [7, 11) is -3.23. The van der Waals surface area contributed by atoms with Gasteiger partial charge in [0.25, 0.3) is 0 Å². The molecule has 5 heteroatoms. The predicted molar refractivity (Wildman–Crippen MR) is 43.7 cm³/mol. The predicted octanol–water partition coefficient (Wildman–Crippen LogP) is -0.446. The molecule has 0 atom stereocenters. The summed E-state index contributed by atoms with van der Waals surface area (Å²) in [5.41, 5.74) is 0. The quantitative estimate of drug-likeness (QED) is 0.604. The fraction of sp³-hybridized carbons (Fsp3) is 1.00. The van der Waals surface area contributed by atoms with E-state index in [0.29, 0.717) is 12.5 Å². The molecular formula is C6H15NO3S. The molecule has 0 saturated carbocycles. The average Bonchev–Trinajstić information content (AvgIpc) is 1.84. The SMILES string of the molecule is CC(C)CNS(=O)(=O)CCO. The Balaban J connectivity index is 3.74. The molecule has 11 heavy (non-hydrogen) atoms. The Morgan fingerprint density at radius 2 is 2.00 bits per heavy atom. The van der Waals surface area contributed by atoms with Crippen molar-refractivity contribution in [3.05, 3.63) is 0 Å². The molecule has 0 amide bonds. The van der Waals surface area contributed by atoms with Gasteiger partial charge in [-0.25, -0.2) is 13.1 Å². The van der Waals surface area contributed by atoms with Gasteiger partial charge in [0, 0.05) is 6.54 Å². The first kappa shape index (κ1) is 10.9. The highest BCUT2D eigenvalue weighted by atomic mass is 32.2. The van der Waals surface area contributed by atoms with Crippen molar-refractivity contribution in [3.8, 4) is 0 Å². The molecular weight excluding hydrogens is 166 g/mol. The molecule has 0 spiro atoms. The molecule has 0 radical (unpaired) electrons. The minimum Gasteiger partial charge on any atom is -0.395 e. The van der Waals surface area contributed by atoms with Crippen LogP contribution in [-0.2, 0) is 10.0 Å². The van der Waals surface area contributed by atoms with E-state index in [-0.39, 0.29) is 12.4 Å². The molecule has 0 aliphatic carbocycles. The third kappa shape index (κ3) is 6.28. The van der Waals surface area contributed by atoms with Crippen LogP contribution in [0.5, 0.6) is 0 Å². The highest BCUT2D eigenvalue weighted by Crippen LogP contribution is 1.90. The molecule has 68 valence electrons. The van der Waals surface area contributed by atoms with E-state index in [9.17, 15) is 8.42 Å². The van der Waals surface area contributed by atoms with Gasteiger partial charge in [-0.3, -0.25) is 0 Å². The number of aliphatic hydroxyl groups excluding tert-OH is 1. The number of nitrogens with one attached hydrogen (secondary N) is 1. The summed E-state index contributed by atoms with van der Waals surface area (Å²) >= 11 is 0. The van der Waals surface area contributed by atoms with Gasteiger partial charge in [0.15, 0.2) is 0 Å². The van der Waals surface area contributed by atoms with Crippen LogP contribution in [0, 0.1) is 5.92 Å². The van der Waals surface area contributed by atoms with Gasteiger partial charge in [0.2, 0.25) is 10.0 Å². The Kier molecular flexibility index (Phi) is 4.63. The standard InChI is InChI=1S/C6H15NO3S/c1-6(2)5-7-11(9,10)4-3-8/h6-8H,3-5H2,1-2H3. The normalized spacial score (nSPS) is 12.4. The first-order chi connectivity index (χ1) is 4.98. The Morgan fingerprint density at radius 1 is 1.45 bits per heavy atom. The fourth-order valence-corrected chi connectivity index (χ4v) is 1.46. The van der Waals surface area contributed by atoms with Gasteiger partial charge >= 0.3 is 0 Å². The molecule has 0 aliphatic heterocycles. The van der Waals surface area contributed by atoms with Gasteiger partial charge in [-0.15, -0.1) is 0 Å². The molecule has 0 aromatic carbocycles. The summed E-state index contributed by atoms with van der Waals surface area (Å²) in [6.07, 6.45) is 0. The number of hydrogen-bond acceptors (Lipinski definition) is 3. The molecule has 0 aliphatic rings. The molecule has 0 aromatic heterocycles. The Hall–Kier alpha value is -0.130. The highest BCUT2D eigenvalue weighted by molar-refractivity contribution is 7.89. The molecule has 0 saturated heterocycles. The maximum atomic E-state index is 10.9. The molecule has 0 bridgehead atoms. The van der Waals surface area contributed by atoms with E-state index in [1.807, 2.05) is 13.8 Å². The second kappa shape index (κ2) is 4.69. The van der Waals surface area contributed by atoms with Crippen LogP contribution in [0.25, 0.3) is 0 Å². The largest absolute Gasteiger partial charge is 0.395 e. The van der Waals surface area contributed by atoms with Gasteiger partial charge in [-0.2, -0.15) is 0 Å². The van der Waals surface area contributed by atoms with Crippen LogP contribution in [0.1, 0.15) is 13.8 Å². The zero-order valence-electron chi connectivity index (χ0n) is 6.87. The lowest BCUT2D eigenvalue weighted by Gasteiger charge is -2.06. The van der Waals surface area contributed by atoms with E-state index in [2.05, 4.69) is 4.72 Å². The monoisotopic (exact) mass is 181 g/mol. The van der Waals surface area contributed by atoms with Gasteiger partial charge in [-0.05, 0) is 5.92 Å². The highest BCUT2D eigenvalue weighted by Gasteiger charge is 2.08. The second-order valence-electron chi connectivity index (χ2n) is 2.78. The molecule has 4 nitrogen and oxygen atoms in total. The van der Waals surface area contributed by atoms with Crippen molar-refractivity contribution in [2.75, 3.05) is 18.9 Å². The zero-order valence-corrected chi connectivity index (χ0v) is 7.69. The van der Waals surface area contributed by atoms with Crippen LogP contribution in [0.2, 0.25) is 0 Å². The molecule has 0 fully saturated rings. The number of aliphatic hydroxyl groups is 1. The lowest BCUT2D eigenvalue weighted by atomic mass is 10.2. The molecule has 2 N–H and O–H groups in total. The van der Waals surface area contributed by atoms with Crippen LogP contribution in [0.3, 0.4) is 0 Å². The Labute approximate surface area is 67.7 Å². The summed E-state index contributed by atoms with van der Waals surface area (Å²) in [4.78, 5) is 0.